The molecule has 4 rings (SSSR count). The SMILES string of the molecule is C[C@H]1CCCN(S(=O)(=O)c2csc(C(=O)Oc3ccc4c(c3)OCO4)c2)C1. The van der Waals surface area contributed by atoms with Crippen LogP contribution in [0.2, 0.25) is 0 Å². The number of hydrogen-bond donors (Lipinski definition) is 0. The predicted molar refractivity (Wildman–Crippen MR) is 99.0 cm³/mol. The molecular formula is C18H19NO6S2. The quantitative estimate of drug-likeness (QED) is 0.570. The molecule has 0 spiro atoms. The second-order valence-electron chi connectivity index (χ2n) is 6.66. The Labute approximate surface area is 161 Å². The van der Waals surface area contributed by atoms with E-state index in [0.717, 1.165) is 24.2 Å². The summed E-state index contributed by atoms with van der Waals surface area (Å²) in [7, 11) is -3.59. The Bertz CT molecular complexity index is 968. The number of rotatable bonds is 4. The molecule has 3 heterocycles. The summed E-state index contributed by atoms with van der Waals surface area (Å²) in [5.74, 6) is 1.14. The molecule has 1 aromatic heterocycles. The van der Waals surface area contributed by atoms with E-state index < -0.39 is 16.0 Å². The highest BCUT2D eigenvalue weighted by molar-refractivity contribution is 7.89. The third-order valence-electron chi connectivity index (χ3n) is 4.59. The fourth-order valence-electron chi connectivity index (χ4n) is 3.17. The van der Waals surface area contributed by atoms with Crippen molar-refractivity contribution in [1.29, 1.82) is 0 Å². The van der Waals surface area contributed by atoms with Crippen LogP contribution in [0.5, 0.6) is 17.2 Å². The highest BCUT2D eigenvalue weighted by Crippen LogP contribution is 2.35. The van der Waals surface area contributed by atoms with Gasteiger partial charge in [0.2, 0.25) is 16.8 Å². The molecule has 0 N–H and O–H groups in total. The predicted octanol–water partition coefficient (Wildman–Crippen LogP) is 3.12. The second kappa shape index (κ2) is 7.14. The van der Waals surface area contributed by atoms with Crippen molar-refractivity contribution in [3.8, 4) is 17.2 Å². The lowest BCUT2D eigenvalue weighted by molar-refractivity contribution is 0.0739. The smallest absolute Gasteiger partial charge is 0.353 e. The van der Waals surface area contributed by atoms with Gasteiger partial charge >= 0.3 is 5.97 Å². The molecule has 0 aliphatic carbocycles. The summed E-state index contributed by atoms with van der Waals surface area (Å²) >= 11 is 1.06. The number of carbonyl (C=O) groups is 1. The topological polar surface area (TPSA) is 82.1 Å². The average Bonchev–Trinajstić information content (AvgIpc) is 3.31. The highest BCUT2D eigenvalue weighted by Gasteiger charge is 2.30. The van der Waals surface area contributed by atoms with Gasteiger partial charge in [-0.05, 0) is 37.0 Å². The number of nitrogens with zero attached hydrogens (tertiary/aromatic N) is 1. The van der Waals surface area contributed by atoms with Crippen molar-refractivity contribution < 1.29 is 27.4 Å². The van der Waals surface area contributed by atoms with E-state index in [9.17, 15) is 13.2 Å². The Morgan fingerprint density at radius 3 is 2.89 bits per heavy atom. The van der Waals surface area contributed by atoms with E-state index in [1.54, 1.807) is 18.2 Å². The lowest BCUT2D eigenvalue weighted by Gasteiger charge is -2.29. The molecule has 0 amide bonds. The van der Waals surface area contributed by atoms with Crippen LogP contribution in [-0.4, -0.2) is 38.6 Å². The van der Waals surface area contributed by atoms with Gasteiger partial charge in [0.25, 0.3) is 0 Å². The Kier molecular flexibility index (Phi) is 4.83. The van der Waals surface area contributed by atoms with E-state index >= 15 is 0 Å². The maximum Gasteiger partial charge on any atom is 0.353 e. The number of ether oxygens (including phenoxy) is 3. The number of piperidine rings is 1. The van der Waals surface area contributed by atoms with Crippen LogP contribution in [0, 0.1) is 5.92 Å². The molecule has 2 aromatic rings. The van der Waals surface area contributed by atoms with Crippen molar-refractivity contribution in [2.45, 2.75) is 24.7 Å². The van der Waals surface area contributed by atoms with E-state index in [-0.39, 0.29) is 16.6 Å². The number of carbonyl (C=O) groups excluding carboxylic acids is 1. The first-order valence-corrected chi connectivity index (χ1v) is 11.0. The summed E-state index contributed by atoms with van der Waals surface area (Å²) in [5.41, 5.74) is 0. The molecule has 7 nitrogen and oxygen atoms in total. The van der Waals surface area contributed by atoms with E-state index in [1.807, 2.05) is 6.92 Å². The fourth-order valence-corrected chi connectivity index (χ4v) is 5.91. The van der Waals surface area contributed by atoms with Gasteiger partial charge < -0.3 is 14.2 Å². The normalized spacial score (nSPS) is 19.8. The van der Waals surface area contributed by atoms with Gasteiger partial charge in [0, 0.05) is 24.5 Å². The van der Waals surface area contributed by atoms with Gasteiger partial charge in [-0.2, -0.15) is 4.31 Å². The number of sulfonamides is 1. The summed E-state index contributed by atoms with van der Waals surface area (Å²) < 4.78 is 42.9. The number of esters is 1. The van der Waals surface area contributed by atoms with Crippen molar-refractivity contribution in [2.24, 2.45) is 5.92 Å². The Morgan fingerprint density at radius 1 is 1.26 bits per heavy atom. The minimum Gasteiger partial charge on any atom is -0.454 e. The molecule has 1 fully saturated rings. The van der Waals surface area contributed by atoms with Gasteiger partial charge in [-0.1, -0.05) is 6.92 Å². The number of fused-ring (bicyclic) bond motifs is 1. The monoisotopic (exact) mass is 409 g/mol. The first-order valence-electron chi connectivity index (χ1n) is 8.64. The summed E-state index contributed by atoms with van der Waals surface area (Å²) in [4.78, 5) is 12.8. The number of thiophene rings is 1. The van der Waals surface area contributed by atoms with Crippen LogP contribution >= 0.6 is 11.3 Å². The molecule has 2 aliphatic heterocycles. The summed E-state index contributed by atoms with van der Waals surface area (Å²) in [6.07, 6.45) is 1.88. The van der Waals surface area contributed by atoms with Crippen LogP contribution in [-0.2, 0) is 10.0 Å². The minimum absolute atomic E-state index is 0.133. The average molecular weight is 409 g/mol. The molecule has 0 radical (unpaired) electrons. The first-order chi connectivity index (χ1) is 12.9. The molecule has 0 bridgehead atoms. The minimum atomic E-state index is -3.59. The molecule has 0 unspecified atom stereocenters. The van der Waals surface area contributed by atoms with Gasteiger partial charge in [-0.3, -0.25) is 0 Å². The molecule has 1 atom stereocenters. The lowest BCUT2D eigenvalue weighted by atomic mass is 10.0. The lowest BCUT2D eigenvalue weighted by Crippen LogP contribution is -2.38. The van der Waals surface area contributed by atoms with Crippen molar-refractivity contribution in [3.05, 3.63) is 34.5 Å². The highest BCUT2D eigenvalue weighted by atomic mass is 32.2. The standard InChI is InChI=1S/C18H19NO6S2/c1-12-3-2-6-19(9-12)27(21,22)14-8-17(26-10-14)18(20)25-13-4-5-15-16(7-13)24-11-23-15/h4-5,7-8,10,12H,2-3,6,9,11H2,1H3/t12-/m0/s1. The zero-order valence-electron chi connectivity index (χ0n) is 14.7. The van der Waals surface area contributed by atoms with Gasteiger partial charge in [-0.15, -0.1) is 11.3 Å². The van der Waals surface area contributed by atoms with Crippen LogP contribution in [0.1, 0.15) is 29.4 Å². The summed E-state index contributed by atoms with van der Waals surface area (Å²) in [6, 6.07) is 6.22. The molecular weight excluding hydrogens is 390 g/mol. The van der Waals surface area contributed by atoms with Gasteiger partial charge in [0.1, 0.15) is 10.6 Å². The Balaban J connectivity index is 1.49. The van der Waals surface area contributed by atoms with Crippen molar-refractivity contribution in [2.75, 3.05) is 19.9 Å². The number of benzene rings is 1. The third kappa shape index (κ3) is 3.67. The Morgan fingerprint density at radius 2 is 2.07 bits per heavy atom. The van der Waals surface area contributed by atoms with Crippen molar-refractivity contribution in [3.63, 3.8) is 0 Å². The summed E-state index contributed by atoms with van der Waals surface area (Å²) in [5, 5.41) is 1.49. The molecule has 2 aliphatic rings. The molecule has 9 heteroatoms. The Hall–Kier alpha value is -2.10. The van der Waals surface area contributed by atoms with Crippen molar-refractivity contribution in [1.82, 2.24) is 4.31 Å². The number of hydrogen-bond acceptors (Lipinski definition) is 7. The second-order valence-corrected chi connectivity index (χ2v) is 9.51. The first kappa shape index (κ1) is 18.3. The van der Waals surface area contributed by atoms with Gasteiger partial charge in [0.15, 0.2) is 11.5 Å². The van der Waals surface area contributed by atoms with Crippen LogP contribution in [0.15, 0.2) is 34.5 Å². The zero-order valence-corrected chi connectivity index (χ0v) is 16.3. The maximum atomic E-state index is 12.8. The summed E-state index contributed by atoms with van der Waals surface area (Å²) in [6.45, 7) is 3.20. The molecule has 144 valence electrons. The van der Waals surface area contributed by atoms with Crippen LogP contribution in [0.3, 0.4) is 0 Å². The third-order valence-corrected chi connectivity index (χ3v) is 7.49. The van der Waals surface area contributed by atoms with E-state index in [1.165, 1.54) is 15.8 Å². The van der Waals surface area contributed by atoms with Crippen LogP contribution in [0.25, 0.3) is 0 Å². The van der Waals surface area contributed by atoms with Crippen LogP contribution in [0.4, 0.5) is 0 Å². The molecule has 1 aromatic carbocycles. The fraction of sp³-hybridized carbons (Fsp3) is 0.389. The maximum absolute atomic E-state index is 12.8. The molecule has 27 heavy (non-hydrogen) atoms. The van der Waals surface area contributed by atoms with E-state index in [0.29, 0.717) is 36.3 Å². The van der Waals surface area contributed by atoms with Gasteiger partial charge in [0.05, 0.1) is 4.90 Å². The van der Waals surface area contributed by atoms with Crippen molar-refractivity contribution >= 4 is 27.3 Å². The largest absolute Gasteiger partial charge is 0.454 e. The van der Waals surface area contributed by atoms with E-state index in [2.05, 4.69) is 0 Å². The van der Waals surface area contributed by atoms with Crippen LogP contribution < -0.4 is 14.2 Å². The molecule has 1 saturated heterocycles. The molecule has 0 saturated carbocycles. The zero-order chi connectivity index (χ0) is 19.0. The van der Waals surface area contributed by atoms with E-state index in [4.69, 9.17) is 14.2 Å². The van der Waals surface area contributed by atoms with Gasteiger partial charge in [-0.25, -0.2) is 13.2 Å².